The molecule has 4 nitrogen and oxygen atoms in total. The van der Waals surface area contributed by atoms with Crippen LogP contribution < -0.4 is 10.1 Å². The van der Waals surface area contributed by atoms with E-state index in [-0.39, 0.29) is 10.9 Å². The number of carbonyl (C=O) groups is 1. The van der Waals surface area contributed by atoms with Crippen molar-refractivity contribution in [3.05, 3.63) is 41.2 Å². The molecule has 1 aromatic carbocycles. The largest absolute Gasteiger partial charge is 0.479 e. The second-order valence-electron chi connectivity index (χ2n) is 5.19. The highest BCUT2D eigenvalue weighted by molar-refractivity contribution is 6.32. The van der Waals surface area contributed by atoms with Crippen molar-refractivity contribution in [1.29, 1.82) is 0 Å². The molecule has 1 heterocycles. The number of hydrogen-bond donors (Lipinski definition) is 1. The summed E-state index contributed by atoms with van der Waals surface area (Å²) >= 11 is 5.87. The van der Waals surface area contributed by atoms with Crippen molar-refractivity contribution in [1.82, 2.24) is 10.2 Å². The van der Waals surface area contributed by atoms with E-state index in [2.05, 4.69) is 22.4 Å². The zero-order valence-electron chi connectivity index (χ0n) is 12.5. The van der Waals surface area contributed by atoms with Crippen molar-refractivity contribution in [2.24, 2.45) is 0 Å². The van der Waals surface area contributed by atoms with Gasteiger partial charge in [0.1, 0.15) is 11.6 Å². The van der Waals surface area contributed by atoms with E-state index in [1.54, 1.807) is 6.92 Å². The van der Waals surface area contributed by atoms with Gasteiger partial charge in [-0.1, -0.05) is 23.8 Å². The Bertz CT molecular complexity index is 551. The first-order valence-electron chi connectivity index (χ1n) is 7.33. The number of benzene rings is 1. The first kappa shape index (κ1) is 16.8. The molecule has 1 N–H and O–H groups in total. The summed E-state index contributed by atoms with van der Waals surface area (Å²) < 4.78 is 18.4. The third-order valence-corrected chi connectivity index (χ3v) is 3.73. The average molecular weight is 327 g/mol. The van der Waals surface area contributed by atoms with E-state index in [1.807, 2.05) is 0 Å². The molecule has 6 heteroatoms. The number of nitrogens with one attached hydrogen (secondary N) is 1. The van der Waals surface area contributed by atoms with E-state index in [9.17, 15) is 9.18 Å². The summed E-state index contributed by atoms with van der Waals surface area (Å²) in [7, 11) is 0. The number of amides is 1. The molecule has 22 heavy (non-hydrogen) atoms. The second-order valence-corrected chi connectivity index (χ2v) is 5.59. The summed E-state index contributed by atoms with van der Waals surface area (Å²) in [6, 6.07) is 3.82. The summed E-state index contributed by atoms with van der Waals surface area (Å²) in [5, 5.41) is 2.99. The number of nitrogens with zero attached hydrogens (tertiary/aromatic N) is 1. The molecular formula is C16H20ClFN2O2. The van der Waals surface area contributed by atoms with Gasteiger partial charge in [-0.3, -0.25) is 9.69 Å². The number of halogens is 2. The second kappa shape index (κ2) is 8.15. The Morgan fingerprint density at radius 1 is 1.50 bits per heavy atom. The van der Waals surface area contributed by atoms with Gasteiger partial charge < -0.3 is 10.1 Å². The average Bonchev–Trinajstić information content (AvgIpc) is 2.51. The summed E-state index contributed by atoms with van der Waals surface area (Å²) in [6.45, 7) is 4.95. The van der Waals surface area contributed by atoms with Crippen molar-refractivity contribution in [2.45, 2.75) is 19.4 Å². The van der Waals surface area contributed by atoms with Crippen LogP contribution in [0.1, 0.15) is 13.3 Å². The molecule has 1 aromatic rings. The van der Waals surface area contributed by atoms with Crippen LogP contribution in [0.2, 0.25) is 5.02 Å². The monoisotopic (exact) mass is 326 g/mol. The molecule has 0 spiro atoms. The maximum Gasteiger partial charge on any atom is 0.260 e. The lowest BCUT2D eigenvalue weighted by atomic mass is 10.2. The van der Waals surface area contributed by atoms with Crippen LogP contribution in [0.4, 0.5) is 4.39 Å². The molecule has 0 saturated heterocycles. The minimum atomic E-state index is -0.691. The molecule has 1 aliphatic heterocycles. The van der Waals surface area contributed by atoms with Gasteiger partial charge in [-0.05, 0) is 31.5 Å². The van der Waals surface area contributed by atoms with Crippen molar-refractivity contribution in [2.75, 3.05) is 26.2 Å². The van der Waals surface area contributed by atoms with Gasteiger partial charge in [-0.25, -0.2) is 4.39 Å². The van der Waals surface area contributed by atoms with Gasteiger partial charge in [0.15, 0.2) is 6.10 Å². The quantitative estimate of drug-likeness (QED) is 0.817. The van der Waals surface area contributed by atoms with E-state index in [0.29, 0.717) is 12.3 Å². The summed E-state index contributed by atoms with van der Waals surface area (Å²) in [5.41, 5.74) is 0. The van der Waals surface area contributed by atoms with Gasteiger partial charge in [0.2, 0.25) is 0 Å². The molecule has 0 aliphatic carbocycles. The summed E-state index contributed by atoms with van der Waals surface area (Å²) in [5.74, 6) is -0.357. The predicted molar refractivity (Wildman–Crippen MR) is 84.7 cm³/mol. The highest BCUT2D eigenvalue weighted by atomic mass is 35.5. The fraction of sp³-hybridized carbons (Fsp3) is 0.438. The van der Waals surface area contributed by atoms with Crippen LogP contribution in [0.5, 0.6) is 5.75 Å². The third-order valence-electron chi connectivity index (χ3n) is 3.44. The van der Waals surface area contributed by atoms with Crippen LogP contribution in [0, 0.1) is 5.82 Å². The van der Waals surface area contributed by atoms with Crippen LogP contribution in [-0.4, -0.2) is 43.1 Å². The van der Waals surface area contributed by atoms with Crippen molar-refractivity contribution in [3.63, 3.8) is 0 Å². The molecule has 0 saturated carbocycles. The topological polar surface area (TPSA) is 41.6 Å². The van der Waals surface area contributed by atoms with Crippen LogP contribution in [0.15, 0.2) is 30.4 Å². The predicted octanol–water partition coefficient (Wildman–Crippen LogP) is 2.62. The Morgan fingerprint density at radius 2 is 2.32 bits per heavy atom. The molecule has 0 bridgehead atoms. The molecular weight excluding hydrogens is 307 g/mol. The Morgan fingerprint density at radius 3 is 3.00 bits per heavy atom. The van der Waals surface area contributed by atoms with Crippen LogP contribution in [-0.2, 0) is 4.79 Å². The lowest BCUT2D eigenvalue weighted by Crippen LogP contribution is -2.41. The molecule has 0 radical (unpaired) electrons. The maximum atomic E-state index is 13.0. The molecule has 1 unspecified atom stereocenters. The van der Waals surface area contributed by atoms with E-state index >= 15 is 0 Å². The fourth-order valence-electron chi connectivity index (χ4n) is 2.19. The Balaban J connectivity index is 1.75. The smallest absolute Gasteiger partial charge is 0.260 e. The Kier molecular flexibility index (Phi) is 6.21. The highest BCUT2D eigenvalue weighted by Gasteiger charge is 2.16. The van der Waals surface area contributed by atoms with E-state index < -0.39 is 11.9 Å². The van der Waals surface area contributed by atoms with Crippen LogP contribution in [0.3, 0.4) is 0 Å². The summed E-state index contributed by atoms with van der Waals surface area (Å²) in [4.78, 5) is 14.2. The molecule has 1 amide bonds. The van der Waals surface area contributed by atoms with Crippen molar-refractivity contribution < 1.29 is 13.9 Å². The minimum absolute atomic E-state index is 0.153. The minimum Gasteiger partial charge on any atom is -0.479 e. The summed E-state index contributed by atoms with van der Waals surface area (Å²) in [6.07, 6.45) is 4.66. The normalized spacial score (nSPS) is 16.3. The SMILES string of the molecule is CC(Oc1ccc(F)cc1Cl)C(=O)NCCN1CC=CCC1. The zero-order valence-corrected chi connectivity index (χ0v) is 13.3. The first-order valence-corrected chi connectivity index (χ1v) is 7.71. The lowest BCUT2D eigenvalue weighted by molar-refractivity contribution is -0.127. The third kappa shape index (κ3) is 5.00. The van der Waals surface area contributed by atoms with Gasteiger partial charge in [-0.2, -0.15) is 0 Å². The molecule has 1 aliphatic rings. The Hall–Kier alpha value is -1.59. The van der Waals surface area contributed by atoms with Crippen LogP contribution in [0.25, 0.3) is 0 Å². The maximum absolute atomic E-state index is 13.0. The van der Waals surface area contributed by atoms with Crippen LogP contribution >= 0.6 is 11.6 Å². The van der Waals surface area contributed by atoms with Gasteiger partial charge >= 0.3 is 0 Å². The number of rotatable bonds is 6. The highest BCUT2D eigenvalue weighted by Crippen LogP contribution is 2.25. The number of hydrogen-bond acceptors (Lipinski definition) is 3. The van der Waals surface area contributed by atoms with E-state index in [1.165, 1.54) is 12.1 Å². The lowest BCUT2D eigenvalue weighted by Gasteiger charge is -2.23. The van der Waals surface area contributed by atoms with E-state index in [0.717, 1.165) is 32.1 Å². The molecule has 120 valence electrons. The fourth-order valence-corrected chi connectivity index (χ4v) is 2.40. The van der Waals surface area contributed by atoms with Gasteiger partial charge in [0.25, 0.3) is 5.91 Å². The number of ether oxygens (including phenoxy) is 1. The standard InChI is InChI=1S/C16H20ClFN2O2/c1-12(22-15-6-5-13(18)11-14(15)17)16(21)19-7-10-20-8-3-2-4-9-20/h2-3,5-6,11-12H,4,7-10H2,1H3,(H,19,21). The molecule has 0 fully saturated rings. The zero-order chi connectivity index (χ0) is 15.9. The van der Waals surface area contributed by atoms with Gasteiger partial charge in [-0.15, -0.1) is 0 Å². The van der Waals surface area contributed by atoms with Gasteiger partial charge in [0, 0.05) is 26.2 Å². The molecule has 1 atom stereocenters. The first-order chi connectivity index (χ1) is 10.6. The van der Waals surface area contributed by atoms with Crippen molar-refractivity contribution >= 4 is 17.5 Å². The molecule has 2 rings (SSSR count). The molecule has 0 aromatic heterocycles. The van der Waals surface area contributed by atoms with Crippen molar-refractivity contribution in [3.8, 4) is 5.75 Å². The Labute approximate surface area is 134 Å². The van der Waals surface area contributed by atoms with E-state index in [4.69, 9.17) is 16.3 Å². The number of carbonyl (C=O) groups excluding carboxylic acids is 1. The van der Waals surface area contributed by atoms with Gasteiger partial charge in [0.05, 0.1) is 5.02 Å².